The number of likely N-dealkylation sites (N-methyl/N-ethyl adjacent to an activating group) is 1. The van der Waals surface area contributed by atoms with E-state index in [1.165, 1.54) is 13.2 Å². The van der Waals surface area contributed by atoms with Gasteiger partial charge in [0.15, 0.2) is 11.6 Å². The van der Waals surface area contributed by atoms with Crippen LogP contribution in [0.15, 0.2) is 18.2 Å². The zero-order chi connectivity index (χ0) is 21.5. The lowest BCUT2D eigenvalue weighted by molar-refractivity contribution is -0.136. The predicted molar refractivity (Wildman–Crippen MR) is 110 cm³/mol. The maximum Gasteiger partial charge on any atom is 0.236 e. The van der Waals surface area contributed by atoms with Crippen LogP contribution in [0.2, 0.25) is 0 Å². The Labute approximate surface area is 177 Å². The molecule has 0 aliphatic carbocycles. The Morgan fingerprint density at radius 1 is 1.07 bits per heavy atom. The lowest BCUT2D eigenvalue weighted by Gasteiger charge is -2.36. The molecule has 0 atom stereocenters. The van der Waals surface area contributed by atoms with E-state index in [9.17, 15) is 14.0 Å². The van der Waals surface area contributed by atoms with E-state index in [2.05, 4.69) is 9.80 Å². The molecule has 3 rings (SSSR count). The van der Waals surface area contributed by atoms with Gasteiger partial charge in [-0.25, -0.2) is 4.39 Å². The average Bonchev–Trinajstić information content (AvgIpc) is 2.75. The lowest BCUT2D eigenvalue weighted by atomic mass is 10.2. The van der Waals surface area contributed by atoms with Crippen LogP contribution in [0.25, 0.3) is 0 Å². The third-order valence-corrected chi connectivity index (χ3v) is 5.61. The van der Waals surface area contributed by atoms with Crippen LogP contribution in [0.3, 0.4) is 0 Å². The average molecular weight is 423 g/mol. The summed E-state index contributed by atoms with van der Waals surface area (Å²) in [5.74, 6) is -0.136. The van der Waals surface area contributed by atoms with Crippen molar-refractivity contribution < 1.29 is 23.5 Å². The second kappa shape index (κ2) is 10.7. The number of hydrogen-bond donors (Lipinski definition) is 0. The number of hydrogen-bond acceptors (Lipinski definition) is 6. The minimum Gasteiger partial charge on any atom is -0.494 e. The molecule has 0 aromatic heterocycles. The van der Waals surface area contributed by atoms with Gasteiger partial charge >= 0.3 is 0 Å². The minimum absolute atomic E-state index is 0.0284. The van der Waals surface area contributed by atoms with Crippen molar-refractivity contribution in [1.82, 2.24) is 19.6 Å². The van der Waals surface area contributed by atoms with E-state index in [0.29, 0.717) is 64.6 Å². The molecule has 1 aromatic carbocycles. The van der Waals surface area contributed by atoms with Crippen LogP contribution in [0.5, 0.6) is 5.75 Å². The highest BCUT2D eigenvalue weighted by atomic mass is 19.1. The molecule has 0 unspecified atom stereocenters. The van der Waals surface area contributed by atoms with E-state index < -0.39 is 5.82 Å². The summed E-state index contributed by atoms with van der Waals surface area (Å²) in [5, 5.41) is 0. The maximum atomic E-state index is 13.8. The first-order valence-corrected chi connectivity index (χ1v) is 10.3. The molecule has 2 amide bonds. The molecule has 0 spiro atoms. The summed E-state index contributed by atoms with van der Waals surface area (Å²) in [6, 6.07) is 4.71. The van der Waals surface area contributed by atoms with Crippen molar-refractivity contribution in [2.24, 2.45) is 0 Å². The first-order chi connectivity index (χ1) is 14.5. The fraction of sp³-hybridized carbons (Fsp3) is 0.619. The highest BCUT2D eigenvalue weighted by Gasteiger charge is 2.25. The first kappa shape index (κ1) is 22.5. The fourth-order valence-electron chi connectivity index (χ4n) is 3.69. The third-order valence-electron chi connectivity index (χ3n) is 5.61. The summed E-state index contributed by atoms with van der Waals surface area (Å²) in [6.07, 6.45) is 0. The predicted octanol–water partition coefficient (Wildman–Crippen LogP) is 0.269. The number of benzene rings is 1. The lowest BCUT2D eigenvalue weighted by Crippen LogP contribution is -2.53. The van der Waals surface area contributed by atoms with Gasteiger partial charge in [-0.3, -0.25) is 19.4 Å². The molecule has 2 aliphatic heterocycles. The minimum atomic E-state index is -0.436. The Bertz CT molecular complexity index is 734. The van der Waals surface area contributed by atoms with Crippen molar-refractivity contribution in [3.05, 3.63) is 29.6 Å². The second-order valence-electron chi connectivity index (χ2n) is 7.76. The number of carbonyl (C=O) groups is 2. The standard InChI is InChI=1S/C21H31FN4O4/c1-23(14-17-3-4-19(29-2)18(22)13-17)20(27)15-24-5-7-26(8-6-24)21(28)16-25-9-11-30-12-10-25/h3-4,13H,5-12,14-16H2,1-2H3. The normalized spacial score (nSPS) is 18.3. The Morgan fingerprint density at radius 3 is 2.37 bits per heavy atom. The smallest absolute Gasteiger partial charge is 0.236 e. The van der Waals surface area contributed by atoms with E-state index in [1.54, 1.807) is 24.1 Å². The monoisotopic (exact) mass is 422 g/mol. The first-order valence-electron chi connectivity index (χ1n) is 10.3. The number of piperazine rings is 1. The van der Waals surface area contributed by atoms with Gasteiger partial charge in [-0.05, 0) is 17.7 Å². The van der Waals surface area contributed by atoms with Crippen molar-refractivity contribution in [3.63, 3.8) is 0 Å². The van der Waals surface area contributed by atoms with Gasteiger partial charge in [-0.15, -0.1) is 0 Å². The van der Waals surface area contributed by atoms with Gasteiger partial charge in [0.2, 0.25) is 11.8 Å². The van der Waals surface area contributed by atoms with Crippen LogP contribution < -0.4 is 4.74 Å². The van der Waals surface area contributed by atoms with Crippen LogP contribution >= 0.6 is 0 Å². The largest absolute Gasteiger partial charge is 0.494 e. The quantitative estimate of drug-likeness (QED) is 0.629. The number of methoxy groups -OCH3 is 1. The molecule has 30 heavy (non-hydrogen) atoms. The van der Waals surface area contributed by atoms with Crippen molar-refractivity contribution in [2.75, 3.05) is 79.7 Å². The molecule has 2 aliphatic rings. The molecule has 0 radical (unpaired) electrons. The van der Waals surface area contributed by atoms with Crippen molar-refractivity contribution in [2.45, 2.75) is 6.54 Å². The highest BCUT2D eigenvalue weighted by Crippen LogP contribution is 2.18. The van der Waals surface area contributed by atoms with Gasteiger partial charge in [0.05, 0.1) is 33.4 Å². The van der Waals surface area contributed by atoms with Crippen molar-refractivity contribution in [3.8, 4) is 5.75 Å². The summed E-state index contributed by atoms with van der Waals surface area (Å²) >= 11 is 0. The summed E-state index contributed by atoms with van der Waals surface area (Å²) in [6.45, 7) is 6.61. The molecule has 9 heteroatoms. The van der Waals surface area contributed by atoms with Gasteiger partial charge in [0.1, 0.15) is 0 Å². The maximum absolute atomic E-state index is 13.8. The SMILES string of the molecule is COc1ccc(CN(C)C(=O)CN2CCN(C(=O)CN3CCOCC3)CC2)cc1F. The van der Waals surface area contributed by atoms with Gasteiger partial charge in [0, 0.05) is 52.9 Å². The molecule has 2 fully saturated rings. The third kappa shape index (κ3) is 6.13. The molecule has 8 nitrogen and oxygen atoms in total. The number of ether oxygens (including phenoxy) is 2. The number of amides is 2. The number of morpholine rings is 1. The molecule has 2 saturated heterocycles. The second-order valence-corrected chi connectivity index (χ2v) is 7.76. The van der Waals surface area contributed by atoms with E-state index >= 15 is 0 Å². The fourth-order valence-corrected chi connectivity index (χ4v) is 3.69. The summed E-state index contributed by atoms with van der Waals surface area (Å²) in [5.41, 5.74) is 0.711. The Balaban J connectivity index is 1.40. The summed E-state index contributed by atoms with van der Waals surface area (Å²) in [4.78, 5) is 32.7. The molecular weight excluding hydrogens is 391 g/mol. The summed E-state index contributed by atoms with van der Waals surface area (Å²) < 4.78 is 24.1. The molecule has 0 N–H and O–H groups in total. The van der Waals surface area contributed by atoms with Crippen LogP contribution in [0, 0.1) is 5.82 Å². The Hall–Kier alpha value is -2.23. The zero-order valence-corrected chi connectivity index (χ0v) is 17.8. The Kier molecular flexibility index (Phi) is 8.01. The van der Waals surface area contributed by atoms with Crippen molar-refractivity contribution in [1.29, 1.82) is 0 Å². The number of nitrogens with zero attached hydrogens (tertiary/aromatic N) is 4. The van der Waals surface area contributed by atoms with Crippen LogP contribution in [0.4, 0.5) is 4.39 Å². The van der Waals surface area contributed by atoms with Gasteiger partial charge < -0.3 is 19.3 Å². The number of carbonyl (C=O) groups excluding carboxylic acids is 2. The molecular formula is C21H31FN4O4. The molecule has 166 valence electrons. The van der Waals surface area contributed by atoms with E-state index in [-0.39, 0.29) is 17.6 Å². The van der Waals surface area contributed by atoms with Gasteiger partial charge in [-0.2, -0.15) is 0 Å². The molecule has 0 saturated carbocycles. The summed E-state index contributed by atoms with van der Waals surface area (Å²) in [7, 11) is 3.14. The van der Waals surface area contributed by atoms with E-state index in [1.807, 2.05) is 4.90 Å². The van der Waals surface area contributed by atoms with Crippen LogP contribution in [-0.4, -0.2) is 111 Å². The Morgan fingerprint density at radius 2 is 1.73 bits per heavy atom. The van der Waals surface area contributed by atoms with Crippen LogP contribution in [0.1, 0.15) is 5.56 Å². The van der Waals surface area contributed by atoms with Crippen LogP contribution in [-0.2, 0) is 20.9 Å². The number of rotatable bonds is 7. The highest BCUT2D eigenvalue weighted by molar-refractivity contribution is 5.79. The van der Waals surface area contributed by atoms with E-state index in [4.69, 9.17) is 9.47 Å². The van der Waals surface area contributed by atoms with Crippen molar-refractivity contribution >= 4 is 11.8 Å². The van der Waals surface area contributed by atoms with Gasteiger partial charge in [-0.1, -0.05) is 6.07 Å². The van der Waals surface area contributed by atoms with E-state index in [0.717, 1.165) is 13.1 Å². The molecule has 0 bridgehead atoms. The zero-order valence-electron chi connectivity index (χ0n) is 17.8. The number of halogens is 1. The van der Waals surface area contributed by atoms with Gasteiger partial charge in [0.25, 0.3) is 0 Å². The molecule has 1 aromatic rings. The molecule has 2 heterocycles. The topological polar surface area (TPSA) is 65.6 Å².